The molecular weight excluding hydrogens is 320 g/mol. The van der Waals surface area contributed by atoms with Crippen molar-refractivity contribution in [1.29, 1.82) is 0 Å². The van der Waals surface area contributed by atoms with Gasteiger partial charge in [0, 0.05) is 12.6 Å². The third-order valence-electron chi connectivity index (χ3n) is 3.91. The van der Waals surface area contributed by atoms with Gasteiger partial charge in [-0.1, -0.05) is 30.3 Å². The zero-order chi connectivity index (χ0) is 17.6. The summed E-state index contributed by atoms with van der Waals surface area (Å²) < 4.78 is 11.5. The van der Waals surface area contributed by atoms with E-state index in [-0.39, 0.29) is 24.5 Å². The van der Waals surface area contributed by atoms with E-state index in [9.17, 15) is 9.59 Å². The monoisotopic (exact) mass is 340 g/mol. The molecule has 0 spiro atoms. The molecule has 0 aromatic heterocycles. The zero-order valence-electron chi connectivity index (χ0n) is 14.0. The fourth-order valence-electron chi connectivity index (χ4n) is 2.54. The third kappa shape index (κ3) is 4.29. The van der Waals surface area contributed by atoms with E-state index in [4.69, 9.17) is 9.47 Å². The number of para-hydroxylation sites is 2. The van der Waals surface area contributed by atoms with E-state index in [1.165, 1.54) is 4.90 Å². The van der Waals surface area contributed by atoms with Crippen LogP contribution < -0.4 is 14.8 Å². The zero-order valence-corrected chi connectivity index (χ0v) is 14.0. The first kappa shape index (κ1) is 16.8. The van der Waals surface area contributed by atoms with Crippen LogP contribution in [-0.4, -0.2) is 49.6 Å². The number of hydrogen-bond acceptors (Lipinski definition) is 4. The van der Waals surface area contributed by atoms with Crippen molar-refractivity contribution >= 4 is 11.8 Å². The number of carbonyl (C=O) groups excluding carboxylic acids is 2. The number of hydrogen-bond donors (Lipinski definition) is 1. The van der Waals surface area contributed by atoms with E-state index in [2.05, 4.69) is 5.32 Å². The summed E-state index contributed by atoms with van der Waals surface area (Å²) in [5.41, 5.74) is 0.526. The van der Waals surface area contributed by atoms with Gasteiger partial charge in [0.25, 0.3) is 5.91 Å². The van der Waals surface area contributed by atoms with Gasteiger partial charge >= 0.3 is 0 Å². The molecule has 1 N–H and O–H groups in total. The van der Waals surface area contributed by atoms with Gasteiger partial charge < -0.3 is 19.7 Å². The number of fused-ring (bicyclic) bond motifs is 1. The van der Waals surface area contributed by atoms with Crippen LogP contribution in [0.1, 0.15) is 10.4 Å². The highest BCUT2D eigenvalue weighted by Gasteiger charge is 2.23. The Bertz CT molecular complexity index is 748. The molecule has 2 aromatic carbocycles. The molecule has 2 aromatic rings. The fraction of sp³-hybridized carbons (Fsp3) is 0.263. The van der Waals surface area contributed by atoms with E-state index in [1.807, 2.05) is 30.3 Å². The minimum Gasteiger partial charge on any atom is -0.486 e. The lowest BCUT2D eigenvalue weighted by Crippen LogP contribution is -2.45. The third-order valence-corrected chi connectivity index (χ3v) is 3.91. The number of benzene rings is 2. The summed E-state index contributed by atoms with van der Waals surface area (Å²) in [7, 11) is 1.68. The lowest BCUT2D eigenvalue weighted by atomic mass is 10.2. The molecule has 3 rings (SSSR count). The number of nitrogens with zero attached hydrogens (tertiary/aromatic N) is 1. The van der Waals surface area contributed by atoms with Crippen LogP contribution in [0.5, 0.6) is 11.5 Å². The number of amides is 2. The highest BCUT2D eigenvalue weighted by molar-refractivity contribution is 5.96. The molecule has 1 aliphatic rings. The molecule has 0 aliphatic carbocycles. The van der Waals surface area contributed by atoms with Crippen molar-refractivity contribution in [3.05, 3.63) is 60.2 Å². The summed E-state index contributed by atoms with van der Waals surface area (Å²) >= 11 is 0. The molecule has 1 unspecified atom stereocenters. The largest absolute Gasteiger partial charge is 0.486 e. The second kappa shape index (κ2) is 7.70. The van der Waals surface area contributed by atoms with E-state index in [1.54, 1.807) is 31.3 Å². The molecule has 130 valence electrons. The fourth-order valence-corrected chi connectivity index (χ4v) is 2.54. The molecule has 6 nitrogen and oxygen atoms in total. The molecule has 0 radical (unpaired) electrons. The molecule has 6 heteroatoms. The Balaban J connectivity index is 1.48. The van der Waals surface area contributed by atoms with E-state index >= 15 is 0 Å². The summed E-state index contributed by atoms with van der Waals surface area (Å²) in [6.07, 6.45) is -0.242. The average Bonchev–Trinajstić information content (AvgIpc) is 2.66. The van der Waals surface area contributed by atoms with E-state index < -0.39 is 0 Å². The van der Waals surface area contributed by atoms with Gasteiger partial charge in [-0.2, -0.15) is 0 Å². The van der Waals surface area contributed by atoms with Gasteiger partial charge in [-0.25, -0.2) is 0 Å². The van der Waals surface area contributed by atoms with Crippen LogP contribution >= 0.6 is 0 Å². The number of carbonyl (C=O) groups is 2. The average molecular weight is 340 g/mol. The van der Waals surface area contributed by atoms with Gasteiger partial charge in [0.05, 0.1) is 13.1 Å². The molecule has 0 saturated carbocycles. The Morgan fingerprint density at radius 1 is 1.08 bits per heavy atom. The van der Waals surface area contributed by atoms with Crippen LogP contribution in [0.15, 0.2) is 54.6 Å². The first-order valence-corrected chi connectivity index (χ1v) is 8.09. The van der Waals surface area contributed by atoms with E-state index in [0.29, 0.717) is 30.2 Å². The Morgan fingerprint density at radius 3 is 2.52 bits per heavy atom. The summed E-state index contributed by atoms with van der Waals surface area (Å²) in [6.45, 7) is 0.702. The molecule has 0 bridgehead atoms. The van der Waals surface area contributed by atoms with Crippen molar-refractivity contribution in [2.24, 2.45) is 0 Å². The van der Waals surface area contributed by atoms with Crippen molar-refractivity contribution in [2.75, 3.05) is 26.7 Å². The second-order valence-electron chi connectivity index (χ2n) is 5.82. The topological polar surface area (TPSA) is 67.9 Å². The molecule has 1 aliphatic heterocycles. The minimum atomic E-state index is -0.270. The summed E-state index contributed by atoms with van der Waals surface area (Å²) in [5.74, 6) is 0.931. The van der Waals surface area contributed by atoms with Gasteiger partial charge in [-0.15, -0.1) is 0 Å². The van der Waals surface area contributed by atoms with Gasteiger partial charge in [0.1, 0.15) is 6.61 Å². The molecule has 1 atom stereocenters. The predicted molar refractivity (Wildman–Crippen MR) is 92.8 cm³/mol. The molecule has 0 fully saturated rings. The maximum absolute atomic E-state index is 12.2. The Kier molecular flexibility index (Phi) is 5.18. The number of rotatable bonds is 5. The van der Waals surface area contributed by atoms with Crippen LogP contribution in [0.2, 0.25) is 0 Å². The summed E-state index contributed by atoms with van der Waals surface area (Å²) in [5, 5.41) is 2.63. The normalized spacial score (nSPS) is 15.3. The Labute approximate surface area is 146 Å². The smallest absolute Gasteiger partial charge is 0.251 e. The van der Waals surface area contributed by atoms with Crippen LogP contribution in [-0.2, 0) is 4.79 Å². The first-order valence-electron chi connectivity index (χ1n) is 8.09. The van der Waals surface area contributed by atoms with Crippen molar-refractivity contribution in [3.8, 4) is 11.5 Å². The minimum absolute atomic E-state index is 0.0611. The Morgan fingerprint density at radius 2 is 1.76 bits per heavy atom. The quantitative estimate of drug-likeness (QED) is 0.900. The summed E-state index contributed by atoms with van der Waals surface area (Å²) in [4.78, 5) is 25.7. The lowest BCUT2D eigenvalue weighted by molar-refractivity contribution is -0.130. The van der Waals surface area contributed by atoms with Crippen molar-refractivity contribution < 1.29 is 19.1 Å². The molecule has 25 heavy (non-hydrogen) atoms. The van der Waals surface area contributed by atoms with E-state index in [0.717, 1.165) is 0 Å². The lowest BCUT2D eigenvalue weighted by Gasteiger charge is -2.29. The first-order chi connectivity index (χ1) is 12.1. The maximum Gasteiger partial charge on any atom is 0.251 e. The number of ether oxygens (including phenoxy) is 2. The standard InChI is InChI=1S/C19H20N2O4/c1-21(12-15-13-24-16-9-5-6-10-17(16)25-15)18(22)11-20-19(23)14-7-3-2-4-8-14/h2-10,15H,11-13H2,1H3,(H,20,23). The summed E-state index contributed by atoms with van der Waals surface area (Å²) in [6, 6.07) is 16.2. The number of nitrogens with one attached hydrogen (secondary N) is 1. The van der Waals surface area contributed by atoms with Crippen molar-refractivity contribution in [2.45, 2.75) is 6.10 Å². The predicted octanol–water partition coefficient (Wildman–Crippen LogP) is 1.71. The van der Waals surface area contributed by atoms with Gasteiger partial charge in [-0.3, -0.25) is 9.59 Å². The molecule has 0 saturated heterocycles. The van der Waals surface area contributed by atoms with Gasteiger partial charge in [0.2, 0.25) is 5.91 Å². The maximum atomic E-state index is 12.2. The van der Waals surface area contributed by atoms with Crippen LogP contribution in [0, 0.1) is 0 Å². The molecule has 1 heterocycles. The second-order valence-corrected chi connectivity index (χ2v) is 5.82. The van der Waals surface area contributed by atoms with Gasteiger partial charge in [0.15, 0.2) is 17.6 Å². The molecule has 2 amide bonds. The van der Waals surface area contributed by atoms with Crippen molar-refractivity contribution in [1.82, 2.24) is 10.2 Å². The van der Waals surface area contributed by atoms with Crippen LogP contribution in [0.25, 0.3) is 0 Å². The van der Waals surface area contributed by atoms with Crippen LogP contribution in [0.4, 0.5) is 0 Å². The number of likely N-dealkylation sites (N-methyl/N-ethyl adjacent to an activating group) is 1. The van der Waals surface area contributed by atoms with Gasteiger partial charge in [-0.05, 0) is 24.3 Å². The SMILES string of the molecule is CN(CC1COc2ccccc2O1)C(=O)CNC(=O)c1ccccc1. The highest BCUT2D eigenvalue weighted by atomic mass is 16.6. The van der Waals surface area contributed by atoms with Crippen LogP contribution in [0.3, 0.4) is 0 Å². The molecular formula is C19H20N2O4. The Hall–Kier alpha value is -3.02. The van der Waals surface area contributed by atoms with Crippen molar-refractivity contribution in [3.63, 3.8) is 0 Å². The highest BCUT2D eigenvalue weighted by Crippen LogP contribution is 2.30.